The molecule has 1 unspecified atom stereocenters. The number of rotatable bonds is 6. The minimum absolute atomic E-state index is 0.365. The van der Waals surface area contributed by atoms with Gasteiger partial charge in [0.05, 0.1) is 22.5 Å². The smallest absolute Gasteiger partial charge is 0.195 e. The fraction of sp³-hybridized carbons (Fsp3) is 0.269. The molecule has 1 aliphatic heterocycles. The summed E-state index contributed by atoms with van der Waals surface area (Å²) >= 11 is 0. The molecule has 33 heavy (non-hydrogen) atoms. The normalized spacial score (nSPS) is 17.4. The van der Waals surface area contributed by atoms with Gasteiger partial charge >= 0.3 is 0 Å². The predicted octanol–water partition coefficient (Wildman–Crippen LogP) is 3.60. The van der Waals surface area contributed by atoms with E-state index in [2.05, 4.69) is 28.1 Å². The van der Waals surface area contributed by atoms with Gasteiger partial charge in [0.25, 0.3) is 0 Å². The molecule has 0 bridgehead atoms. The number of piperazine rings is 1. The lowest BCUT2D eigenvalue weighted by atomic mass is 10.2. The summed E-state index contributed by atoms with van der Waals surface area (Å²) < 4.78 is 29.3. The Morgan fingerprint density at radius 2 is 1.67 bits per heavy atom. The molecule has 1 N–H and O–H groups in total. The molecule has 3 aromatic carbocycles. The molecule has 4 aromatic rings. The second-order valence-corrected chi connectivity index (χ2v) is 10.7. The van der Waals surface area contributed by atoms with Crippen LogP contribution in [0.4, 0.5) is 0 Å². The number of para-hydroxylation sites is 2. The highest BCUT2D eigenvalue weighted by molar-refractivity contribution is 7.92. The van der Waals surface area contributed by atoms with Gasteiger partial charge in [0, 0.05) is 26.2 Å². The van der Waals surface area contributed by atoms with Crippen LogP contribution in [0.2, 0.25) is 0 Å². The molecule has 1 fully saturated rings. The van der Waals surface area contributed by atoms with E-state index in [4.69, 9.17) is 4.98 Å². The number of nitrogens with one attached hydrogen (secondary N) is 1. The van der Waals surface area contributed by atoms with Gasteiger partial charge in [-0.25, -0.2) is 13.4 Å². The minimum Gasteiger partial charge on any atom is -0.322 e. The van der Waals surface area contributed by atoms with Crippen molar-refractivity contribution in [3.63, 3.8) is 0 Å². The lowest BCUT2D eigenvalue weighted by Gasteiger charge is -2.35. The van der Waals surface area contributed by atoms with E-state index in [1.807, 2.05) is 60.4 Å². The molecule has 0 aliphatic carbocycles. The van der Waals surface area contributed by atoms with Crippen LogP contribution in [0.1, 0.15) is 17.0 Å². The van der Waals surface area contributed by atoms with Crippen LogP contribution in [0, 0.1) is 6.92 Å². The van der Waals surface area contributed by atoms with Crippen molar-refractivity contribution < 1.29 is 8.42 Å². The molecule has 0 amide bonds. The molecular weight excluding hydrogens is 432 g/mol. The van der Waals surface area contributed by atoms with E-state index in [9.17, 15) is 8.42 Å². The molecule has 1 aliphatic rings. The zero-order chi connectivity index (χ0) is 22.8. The fourth-order valence-electron chi connectivity index (χ4n) is 4.46. The summed E-state index contributed by atoms with van der Waals surface area (Å²) in [5, 5.41) is 2.63. The summed E-state index contributed by atoms with van der Waals surface area (Å²) in [7, 11) is -3.52. The minimum atomic E-state index is -3.52. The van der Waals surface area contributed by atoms with Gasteiger partial charge in [-0.1, -0.05) is 60.2 Å². The lowest BCUT2D eigenvalue weighted by molar-refractivity contribution is 0.196. The summed E-state index contributed by atoms with van der Waals surface area (Å²) in [5.41, 5.74) is 4.22. The molecule has 170 valence electrons. The first-order valence-corrected chi connectivity index (χ1v) is 12.8. The second kappa shape index (κ2) is 9.09. The van der Waals surface area contributed by atoms with Crippen molar-refractivity contribution in [1.82, 2.24) is 19.8 Å². The topological polar surface area (TPSA) is 67.2 Å². The molecule has 0 radical (unpaired) electrons. The molecule has 7 heteroatoms. The molecule has 1 atom stereocenters. The summed E-state index contributed by atoms with van der Waals surface area (Å²) in [6.45, 7) is 4.91. The Morgan fingerprint density at radius 3 is 2.45 bits per heavy atom. The van der Waals surface area contributed by atoms with Crippen LogP contribution in [0.25, 0.3) is 11.0 Å². The number of hydrogen-bond acceptors (Lipinski definition) is 5. The van der Waals surface area contributed by atoms with Crippen molar-refractivity contribution in [1.29, 1.82) is 0 Å². The van der Waals surface area contributed by atoms with Gasteiger partial charge in [-0.3, -0.25) is 4.90 Å². The molecule has 1 saturated heterocycles. The second-order valence-electron chi connectivity index (χ2n) is 8.58. The maximum atomic E-state index is 13.5. The van der Waals surface area contributed by atoms with Crippen molar-refractivity contribution in [2.75, 3.05) is 19.6 Å². The van der Waals surface area contributed by atoms with Gasteiger partial charge in [0.15, 0.2) is 9.84 Å². The molecular formula is C26H28N4O2S. The van der Waals surface area contributed by atoms with E-state index in [0.717, 1.165) is 29.0 Å². The highest BCUT2D eigenvalue weighted by Gasteiger charge is 2.35. The number of nitrogens with zero attached hydrogens (tertiary/aromatic N) is 3. The molecule has 0 spiro atoms. The van der Waals surface area contributed by atoms with Crippen molar-refractivity contribution in [2.45, 2.75) is 30.3 Å². The first kappa shape index (κ1) is 21.8. The highest BCUT2D eigenvalue weighted by atomic mass is 32.2. The summed E-state index contributed by atoms with van der Waals surface area (Å²) in [6.07, 6.45) is 0. The third-order valence-corrected chi connectivity index (χ3v) is 8.38. The third-order valence-electron chi connectivity index (χ3n) is 6.27. The Bertz CT molecular complexity index is 1350. The van der Waals surface area contributed by atoms with E-state index in [0.29, 0.717) is 31.1 Å². The van der Waals surface area contributed by atoms with Crippen LogP contribution in [0.5, 0.6) is 0 Å². The van der Waals surface area contributed by atoms with E-state index < -0.39 is 15.2 Å². The van der Waals surface area contributed by atoms with E-state index >= 15 is 0 Å². The first-order valence-electron chi connectivity index (χ1n) is 11.3. The standard InChI is InChI=1S/C26H28N4O2S/c1-20-11-13-22(14-12-20)33(31,32)26-17-27-15-16-29(26)19-25-28-23-9-5-6-10-24(23)30(25)18-21-7-3-2-4-8-21/h2-14,26-27H,15-19H2,1H3. The molecule has 5 rings (SSSR count). The SMILES string of the molecule is Cc1ccc(S(=O)(=O)C2CNCCN2Cc2nc3ccccc3n2Cc2ccccc2)cc1. The number of fused-ring (bicyclic) bond motifs is 1. The van der Waals surface area contributed by atoms with Gasteiger partial charge in [0.1, 0.15) is 11.2 Å². The highest BCUT2D eigenvalue weighted by Crippen LogP contribution is 2.24. The number of benzene rings is 3. The molecule has 2 heterocycles. The van der Waals surface area contributed by atoms with Crippen LogP contribution in [-0.2, 0) is 22.9 Å². The third kappa shape index (κ3) is 4.44. The quantitative estimate of drug-likeness (QED) is 0.476. The van der Waals surface area contributed by atoms with Crippen molar-refractivity contribution in [3.05, 3.63) is 95.8 Å². The number of imidazole rings is 1. The zero-order valence-electron chi connectivity index (χ0n) is 18.7. The Balaban J connectivity index is 1.50. The van der Waals surface area contributed by atoms with Crippen LogP contribution in [0.15, 0.2) is 83.8 Å². The number of sulfone groups is 1. The van der Waals surface area contributed by atoms with Crippen molar-refractivity contribution in [2.24, 2.45) is 0 Å². The van der Waals surface area contributed by atoms with Gasteiger partial charge in [0.2, 0.25) is 0 Å². The van der Waals surface area contributed by atoms with Crippen LogP contribution >= 0.6 is 0 Å². The zero-order valence-corrected chi connectivity index (χ0v) is 19.5. The average molecular weight is 461 g/mol. The predicted molar refractivity (Wildman–Crippen MR) is 131 cm³/mol. The van der Waals surface area contributed by atoms with Crippen molar-refractivity contribution in [3.8, 4) is 0 Å². The molecule has 0 saturated carbocycles. The van der Waals surface area contributed by atoms with Crippen LogP contribution in [0.3, 0.4) is 0 Å². The van der Waals surface area contributed by atoms with Gasteiger partial charge in [-0.2, -0.15) is 0 Å². The van der Waals surface area contributed by atoms with Crippen LogP contribution < -0.4 is 5.32 Å². The van der Waals surface area contributed by atoms with E-state index in [1.54, 1.807) is 12.1 Å². The number of hydrogen-bond donors (Lipinski definition) is 1. The largest absolute Gasteiger partial charge is 0.322 e. The van der Waals surface area contributed by atoms with E-state index in [1.165, 1.54) is 5.56 Å². The first-order chi connectivity index (χ1) is 16.0. The average Bonchev–Trinajstić information content (AvgIpc) is 3.17. The monoisotopic (exact) mass is 460 g/mol. The lowest BCUT2D eigenvalue weighted by Crippen LogP contribution is -2.54. The Morgan fingerprint density at radius 1 is 0.939 bits per heavy atom. The molecule has 1 aromatic heterocycles. The fourth-order valence-corrected chi connectivity index (χ4v) is 6.20. The summed E-state index contributed by atoms with van der Waals surface area (Å²) in [6, 6.07) is 25.5. The van der Waals surface area contributed by atoms with Gasteiger partial charge in [-0.15, -0.1) is 0 Å². The number of aryl methyl sites for hydroxylation is 1. The van der Waals surface area contributed by atoms with Crippen molar-refractivity contribution >= 4 is 20.9 Å². The Hall–Kier alpha value is -3.00. The maximum Gasteiger partial charge on any atom is 0.195 e. The van der Waals surface area contributed by atoms with Crippen LogP contribution in [-0.4, -0.2) is 47.9 Å². The van der Waals surface area contributed by atoms with Gasteiger partial charge in [-0.05, 0) is 36.8 Å². The summed E-state index contributed by atoms with van der Waals surface area (Å²) in [4.78, 5) is 7.33. The Kier molecular flexibility index (Phi) is 6.01. The summed E-state index contributed by atoms with van der Waals surface area (Å²) in [5.74, 6) is 0.881. The maximum absolute atomic E-state index is 13.5. The Labute approximate surface area is 194 Å². The van der Waals surface area contributed by atoms with E-state index in [-0.39, 0.29) is 0 Å². The molecule has 6 nitrogen and oxygen atoms in total. The number of aromatic nitrogens is 2. The van der Waals surface area contributed by atoms with Gasteiger partial charge < -0.3 is 9.88 Å².